The molecule has 0 amide bonds. The number of benzene rings is 2. The van der Waals surface area contributed by atoms with E-state index in [0.29, 0.717) is 11.6 Å². The van der Waals surface area contributed by atoms with Crippen LogP contribution in [0.25, 0.3) is 11.3 Å². The normalized spacial score (nSPS) is 11.3. The molecule has 0 atom stereocenters. The molecule has 0 spiro atoms. The lowest BCUT2D eigenvalue weighted by Gasteiger charge is -2.08. The highest BCUT2D eigenvalue weighted by atomic mass is 16.5. The van der Waals surface area contributed by atoms with E-state index in [0.717, 1.165) is 28.3 Å². The maximum atomic E-state index is 5.29. The summed E-state index contributed by atoms with van der Waals surface area (Å²) in [7, 11) is 1.65. The lowest BCUT2D eigenvalue weighted by molar-refractivity contribution is 0.415. The van der Waals surface area contributed by atoms with E-state index in [1.165, 1.54) is 5.56 Å². The van der Waals surface area contributed by atoms with Crippen LogP contribution in [0.3, 0.4) is 0 Å². The third kappa shape index (κ3) is 4.25. The van der Waals surface area contributed by atoms with Gasteiger partial charge in [-0.3, -0.25) is 5.43 Å². The third-order valence-electron chi connectivity index (χ3n) is 4.01. The Morgan fingerprint density at radius 1 is 1.00 bits per heavy atom. The Morgan fingerprint density at radius 2 is 1.77 bits per heavy atom. The molecule has 0 saturated carbocycles. The van der Waals surface area contributed by atoms with Gasteiger partial charge in [0.05, 0.1) is 18.5 Å². The van der Waals surface area contributed by atoms with Gasteiger partial charge in [0.15, 0.2) is 0 Å². The molecule has 1 aromatic heterocycles. The molecule has 5 nitrogen and oxygen atoms in total. The molecule has 0 aliphatic rings. The molecular weight excluding hydrogens is 324 g/mol. The topological polar surface area (TPSA) is 59.4 Å². The van der Waals surface area contributed by atoms with Crippen molar-refractivity contribution in [1.29, 1.82) is 0 Å². The largest absolute Gasteiger partial charge is 0.497 e. The Hall–Kier alpha value is -3.21. The van der Waals surface area contributed by atoms with Crippen molar-refractivity contribution in [2.75, 3.05) is 12.5 Å². The first kappa shape index (κ1) is 17.6. The molecule has 3 aromatic rings. The lowest BCUT2D eigenvalue weighted by Crippen LogP contribution is -2.03. The fraction of sp³-hybridized carbons (Fsp3) is 0.190. The maximum Gasteiger partial charge on any atom is 0.150 e. The monoisotopic (exact) mass is 346 g/mol. The SMILES string of the molecule is COc1cccc(-c2cc(N/N=C(\C)c3ccc(C)cc3)nc(C)n2)c1. The summed E-state index contributed by atoms with van der Waals surface area (Å²) >= 11 is 0. The summed E-state index contributed by atoms with van der Waals surface area (Å²) in [5, 5.41) is 4.46. The Morgan fingerprint density at radius 3 is 2.50 bits per heavy atom. The number of aryl methyl sites for hydroxylation is 2. The summed E-state index contributed by atoms with van der Waals surface area (Å²) < 4.78 is 5.29. The molecule has 2 aromatic carbocycles. The molecule has 0 unspecified atom stereocenters. The van der Waals surface area contributed by atoms with Crippen molar-refractivity contribution in [1.82, 2.24) is 9.97 Å². The van der Waals surface area contributed by atoms with Crippen LogP contribution < -0.4 is 10.2 Å². The molecule has 1 heterocycles. The first-order valence-electron chi connectivity index (χ1n) is 8.42. The number of ether oxygens (including phenoxy) is 1. The number of hydrogen-bond donors (Lipinski definition) is 1. The number of rotatable bonds is 5. The van der Waals surface area contributed by atoms with Gasteiger partial charge in [-0.15, -0.1) is 0 Å². The summed E-state index contributed by atoms with van der Waals surface area (Å²) in [4.78, 5) is 8.94. The molecular formula is C21H22N4O. The summed E-state index contributed by atoms with van der Waals surface area (Å²) in [5.74, 6) is 2.12. The Labute approximate surface area is 153 Å². The van der Waals surface area contributed by atoms with Crippen LogP contribution in [0.1, 0.15) is 23.9 Å². The average molecular weight is 346 g/mol. The predicted molar refractivity (Wildman–Crippen MR) is 106 cm³/mol. The number of nitrogens with zero attached hydrogens (tertiary/aromatic N) is 3. The van der Waals surface area contributed by atoms with Crippen LogP contribution in [0.15, 0.2) is 59.7 Å². The van der Waals surface area contributed by atoms with Crippen molar-refractivity contribution in [3.63, 3.8) is 0 Å². The van der Waals surface area contributed by atoms with Gasteiger partial charge in [0, 0.05) is 11.6 Å². The zero-order valence-electron chi connectivity index (χ0n) is 15.4. The number of hydrazone groups is 1. The number of aromatic nitrogens is 2. The fourth-order valence-corrected chi connectivity index (χ4v) is 2.56. The van der Waals surface area contributed by atoms with Crippen LogP contribution in [0.4, 0.5) is 5.82 Å². The minimum Gasteiger partial charge on any atom is -0.497 e. The van der Waals surface area contributed by atoms with Gasteiger partial charge in [-0.2, -0.15) is 5.10 Å². The van der Waals surface area contributed by atoms with E-state index in [4.69, 9.17) is 4.74 Å². The molecule has 1 N–H and O–H groups in total. The smallest absolute Gasteiger partial charge is 0.150 e. The summed E-state index contributed by atoms with van der Waals surface area (Å²) in [6, 6.07) is 17.9. The van der Waals surface area contributed by atoms with Crippen LogP contribution in [0, 0.1) is 13.8 Å². The van der Waals surface area contributed by atoms with Gasteiger partial charge in [0.25, 0.3) is 0 Å². The van der Waals surface area contributed by atoms with E-state index < -0.39 is 0 Å². The van der Waals surface area contributed by atoms with E-state index in [1.54, 1.807) is 7.11 Å². The summed E-state index contributed by atoms with van der Waals surface area (Å²) in [6.07, 6.45) is 0. The zero-order chi connectivity index (χ0) is 18.5. The number of methoxy groups -OCH3 is 1. The molecule has 3 rings (SSSR count). The summed E-state index contributed by atoms with van der Waals surface area (Å²) in [5.41, 5.74) is 8.02. The van der Waals surface area contributed by atoms with Crippen molar-refractivity contribution in [3.05, 3.63) is 71.5 Å². The highest BCUT2D eigenvalue weighted by Gasteiger charge is 2.06. The van der Waals surface area contributed by atoms with Gasteiger partial charge in [-0.05, 0) is 38.5 Å². The second kappa shape index (κ2) is 7.78. The molecule has 132 valence electrons. The maximum absolute atomic E-state index is 5.29. The fourth-order valence-electron chi connectivity index (χ4n) is 2.56. The van der Waals surface area contributed by atoms with Crippen molar-refractivity contribution in [2.24, 2.45) is 5.10 Å². The van der Waals surface area contributed by atoms with E-state index >= 15 is 0 Å². The van der Waals surface area contributed by atoms with Gasteiger partial charge in [-0.25, -0.2) is 9.97 Å². The summed E-state index contributed by atoms with van der Waals surface area (Å²) in [6.45, 7) is 5.90. The van der Waals surface area contributed by atoms with E-state index in [9.17, 15) is 0 Å². The molecule has 0 bridgehead atoms. The van der Waals surface area contributed by atoms with Crippen molar-refractivity contribution >= 4 is 11.5 Å². The van der Waals surface area contributed by atoms with Crippen LogP contribution in [-0.2, 0) is 0 Å². The second-order valence-electron chi connectivity index (χ2n) is 6.09. The van der Waals surface area contributed by atoms with Crippen molar-refractivity contribution in [3.8, 4) is 17.0 Å². The van der Waals surface area contributed by atoms with Crippen LogP contribution in [0.2, 0.25) is 0 Å². The second-order valence-corrected chi connectivity index (χ2v) is 6.09. The Balaban J connectivity index is 1.85. The average Bonchev–Trinajstić information content (AvgIpc) is 2.66. The van der Waals surface area contributed by atoms with Gasteiger partial charge in [0.1, 0.15) is 17.4 Å². The van der Waals surface area contributed by atoms with Crippen LogP contribution in [-0.4, -0.2) is 22.8 Å². The van der Waals surface area contributed by atoms with E-state index in [-0.39, 0.29) is 0 Å². The van der Waals surface area contributed by atoms with Crippen LogP contribution >= 0.6 is 0 Å². The molecule has 0 radical (unpaired) electrons. The molecule has 0 aliphatic heterocycles. The van der Waals surface area contributed by atoms with Gasteiger partial charge in [0.2, 0.25) is 0 Å². The van der Waals surface area contributed by atoms with Gasteiger partial charge in [-0.1, -0.05) is 42.0 Å². The first-order valence-corrected chi connectivity index (χ1v) is 8.42. The molecule has 0 aliphatic carbocycles. The number of nitrogens with one attached hydrogen (secondary N) is 1. The van der Waals surface area contributed by atoms with E-state index in [1.807, 2.05) is 44.2 Å². The van der Waals surface area contributed by atoms with E-state index in [2.05, 4.69) is 51.7 Å². The number of anilines is 1. The van der Waals surface area contributed by atoms with Gasteiger partial charge >= 0.3 is 0 Å². The highest BCUT2D eigenvalue weighted by Crippen LogP contribution is 2.24. The molecule has 0 saturated heterocycles. The zero-order valence-corrected chi connectivity index (χ0v) is 15.4. The number of hydrogen-bond acceptors (Lipinski definition) is 5. The predicted octanol–water partition coefficient (Wildman–Crippen LogP) is 4.61. The standard InChI is InChI=1S/C21H22N4O/c1-14-8-10-17(11-9-14)15(2)24-25-21-13-20(22-16(3)23-21)18-6-5-7-19(12-18)26-4/h5-13H,1-4H3,(H,22,23,25)/b24-15+. The molecule has 0 fully saturated rings. The lowest BCUT2D eigenvalue weighted by atomic mass is 10.1. The Kier molecular flexibility index (Phi) is 5.27. The Bertz CT molecular complexity index is 933. The van der Waals surface area contributed by atoms with Crippen LogP contribution in [0.5, 0.6) is 5.75 Å². The van der Waals surface area contributed by atoms with Gasteiger partial charge < -0.3 is 4.74 Å². The highest BCUT2D eigenvalue weighted by molar-refractivity contribution is 5.99. The third-order valence-corrected chi connectivity index (χ3v) is 4.01. The first-order chi connectivity index (χ1) is 12.5. The molecule has 26 heavy (non-hydrogen) atoms. The minimum atomic E-state index is 0.654. The van der Waals surface area contributed by atoms with Crippen molar-refractivity contribution < 1.29 is 4.74 Å². The molecule has 5 heteroatoms. The quantitative estimate of drug-likeness (QED) is 0.541. The minimum absolute atomic E-state index is 0.654. The van der Waals surface area contributed by atoms with Crippen molar-refractivity contribution in [2.45, 2.75) is 20.8 Å².